The van der Waals surface area contributed by atoms with Crippen molar-refractivity contribution in [2.24, 2.45) is 16.6 Å². The highest BCUT2D eigenvalue weighted by atomic mass is 35.5. The molecule has 0 amide bonds. The molecule has 1 unspecified atom stereocenters. The summed E-state index contributed by atoms with van der Waals surface area (Å²) in [6.07, 6.45) is 6.84. The van der Waals surface area contributed by atoms with Crippen LogP contribution < -0.4 is 15.8 Å². The lowest BCUT2D eigenvalue weighted by Gasteiger charge is -2.23. The summed E-state index contributed by atoms with van der Waals surface area (Å²) in [5, 5.41) is 3.58. The Labute approximate surface area is 175 Å². The van der Waals surface area contributed by atoms with E-state index in [0.717, 1.165) is 30.4 Å². The van der Waals surface area contributed by atoms with Crippen LogP contribution in [0.5, 0.6) is 5.75 Å². The average molecular weight is 433 g/mol. The third-order valence-electron chi connectivity index (χ3n) is 4.48. The summed E-state index contributed by atoms with van der Waals surface area (Å²) < 4.78 is 5.72. The van der Waals surface area contributed by atoms with E-state index >= 15 is 0 Å². The van der Waals surface area contributed by atoms with Crippen molar-refractivity contribution in [3.05, 3.63) is 23.8 Å². The normalized spacial score (nSPS) is 18.8. The van der Waals surface area contributed by atoms with Gasteiger partial charge in [-0.3, -0.25) is 0 Å². The van der Waals surface area contributed by atoms with Crippen molar-refractivity contribution < 1.29 is 4.74 Å². The van der Waals surface area contributed by atoms with E-state index in [1.807, 2.05) is 13.0 Å². The van der Waals surface area contributed by atoms with E-state index in [1.54, 1.807) is 0 Å². The molecule has 3 rings (SSSR count). The SMILES string of the molecule is CC1Oc2ccc(CNCC3CCCCC3)cc2N=C1N.Cl.Cl.Cl.Cl. The van der Waals surface area contributed by atoms with Crippen LogP contribution in [0, 0.1) is 5.92 Å². The molecule has 0 saturated heterocycles. The van der Waals surface area contributed by atoms with Gasteiger partial charge in [0.15, 0.2) is 6.10 Å². The van der Waals surface area contributed by atoms with E-state index in [-0.39, 0.29) is 55.7 Å². The highest BCUT2D eigenvalue weighted by Gasteiger charge is 2.18. The first-order chi connectivity index (χ1) is 10.2. The van der Waals surface area contributed by atoms with Gasteiger partial charge in [0.1, 0.15) is 17.3 Å². The van der Waals surface area contributed by atoms with Gasteiger partial charge in [0.2, 0.25) is 0 Å². The molecule has 1 aromatic carbocycles. The molecular weight excluding hydrogens is 404 g/mol. The minimum absolute atomic E-state index is 0. The fourth-order valence-electron chi connectivity index (χ4n) is 3.15. The third-order valence-corrected chi connectivity index (χ3v) is 4.48. The molecule has 1 atom stereocenters. The van der Waals surface area contributed by atoms with Crippen LogP contribution >= 0.6 is 49.6 Å². The number of rotatable bonds is 4. The largest absolute Gasteiger partial charge is 0.481 e. The quantitative estimate of drug-likeness (QED) is 0.717. The second-order valence-electron chi connectivity index (χ2n) is 6.23. The number of ether oxygens (including phenoxy) is 1. The first-order valence-corrected chi connectivity index (χ1v) is 8.07. The molecule has 1 aliphatic heterocycles. The van der Waals surface area contributed by atoms with Gasteiger partial charge in [-0.25, -0.2) is 4.99 Å². The summed E-state index contributed by atoms with van der Waals surface area (Å²) in [5.41, 5.74) is 7.94. The number of fused-ring (bicyclic) bond motifs is 1. The Hall–Kier alpha value is -0.390. The minimum atomic E-state index is -0.132. The van der Waals surface area contributed by atoms with Gasteiger partial charge in [-0.05, 0) is 49.9 Å². The van der Waals surface area contributed by atoms with Gasteiger partial charge in [-0.1, -0.05) is 25.3 Å². The minimum Gasteiger partial charge on any atom is -0.481 e. The molecule has 1 heterocycles. The van der Waals surface area contributed by atoms with E-state index in [2.05, 4.69) is 22.4 Å². The van der Waals surface area contributed by atoms with Crippen LogP contribution in [0.1, 0.15) is 44.6 Å². The standard InChI is InChI=1S/C17H25N3O.4ClH/c1-12-17(18)20-15-9-14(7-8-16(15)21-12)11-19-10-13-5-3-2-4-6-13;;;;/h7-9,12-13,19H,2-6,10-11H2,1H3,(H2,18,20);4*1H. The van der Waals surface area contributed by atoms with Crippen LogP contribution in [-0.4, -0.2) is 18.5 Å². The number of halogens is 4. The highest BCUT2D eigenvalue weighted by Crippen LogP contribution is 2.32. The second-order valence-corrected chi connectivity index (χ2v) is 6.23. The smallest absolute Gasteiger partial charge is 0.153 e. The fourth-order valence-corrected chi connectivity index (χ4v) is 3.15. The average Bonchev–Trinajstić information content (AvgIpc) is 2.50. The van der Waals surface area contributed by atoms with Crippen LogP contribution in [0.3, 0.4) is 0 Å². The summed E-state index contributed by atoms with van der Waals surface area (Å²) in [6.45, 7) is 3.92. The number of nitrogens with zero attached hydrogens (tertiary/aromatic N) is 1. The maximum atomic E-state index is 5.85. The molecule has 4 nitrogen and oxygen atoms in total. The van der Waals surface area contributed by atoms with Crippen molar-refractivity contribution in [3.63, 3.8) is 0 Å². The maximum Gasteiger partial charge on any atom is 0.153 e. The van der Waals surface area contributed by atoms with Crippen molar-refractivity contribution >= 4 is 61.2 Å². The Balaban J connectivity index is 0. The summed E-state index contributed by atoms with van der Waals surface area (Å²) in [7, 11) is 0. The fraction of sp³-hybridized carbons (Fsp3) is 0.588. The van der Waals surface area contributed by atoms with Crippen LogP contribution in [-0.2, 0) is 6.54 Å². The number of benzene rings is 1. The van der Waals surface area contributed by atoms with Gasteiger partial charge in [0, 0.05) is 6.54 Å². The van der Waals surface area contributed by atoms with E-state index in [0.29, 0.717) is 5.84 Å². The molecule has 2 aliphatic rings. The van der Waals surface area contributed by atoms with Crippen LogP contribution in [0.4, 0.5) is 5.69 Å². The zero-order chi connectivity index (χ0) is 14.7. The number of hydrogen-bond donors (Lipinski definition) is 2. The Morgan fingerprint density at radius 3 is 2.48 bits per heavy atom. The first-order valence-electron chi connectivity index (χ1n) is 8.07. The van der Waals surface area contributed by atoms with Gasteiger partial charge in [0.25, 0.3) is 0 Å². The molecule has 25 heavy (non-hydrogen) atoms. The monoisotopic (exact) mass is 431 g/mol. The highest BCUT2D eigenvalue weighted by molar-refractivity contribution is 5.89. The summed E-state index contributed by atoms with van der Waals surface area (Å²) in [6, 6.07) is 6.18. The third kappa shape index (κ3) is 7.40. The molecule has 0 aromatic heterocycles. The molecule has 1 aliphatic carbocycles. The van der Waals surface area contributed by atoms with E-state index in [9.17, 15) is 0 Å². The molecule has 1 fully saturated rings. The van der Waals surface area contributed by atoms with E-state index in [1.165, 1.54) is 37.7 Å². The zero-order valence-corrected chi connectivity index (χ0v) is 17.7. The lowest BCUT2D eigenvalue weighted by molar-refractivity contribution is 0.281. The first kappa shape index (κ1) is 26.8. The second kappa shape index (κ2) is 12.9. The number of aliphatic imine (C=N–C) groups is 1. The summed E-state index contributed by atoms with van der Waals surface area (Å²) in [4.78, 5) is 4.43. The number of amidine groups is 1. The molecule has 1 aromatic rings. The Bertz CT molecular complexity index is 537. The van der Waals surface area contributed by atoms with E-state index < -0.39 is 0 Å². The predicted octanol–water partition coefficient (Wildman–Crippen LogP) is 4.81. The summed E-state index contributed by atoms with van der Waals surface area (Å²) >= 11 is 0. The van der Waals surface area contributed by atoms with Crippen molar-refractivity contribution in [1.29, 1.82) is 0 Å². The molecule has 3 N–H and O–H groups in total. The topological polar surface area (TPSA) is 59.6 Å². The number of nitrogens with two attached hydrogens (primary N) is 1. The Morgan fingerprint density at radius 2 is 1.80 bits per heavy atom. The zero-order valence-electron chi connectivity index (χ0n) is 14.4. The van der Waals surface area contributed by atoms with E-state index in [4.69, 9.17) is 10.5 Å². The van der Waals surface area contributed by atoms with Crippen molar-refractivity contribution in [3.8, 4) is 5.75 Å². The maximum absolute atomic E-state index is 5.85. The molecule has 0 radical (unpaired) electrons. The predicted molar refractivity (Wildman–Crippen MR) is 115 cm³/mol. The Morgan fingerprint density at radius 1 is 1.12 bits per heavy atom. The Kier molecular flexibility index (Phi) is 13.8. The molecule has 1 saturated carbocycles. The number of nitrogens with one attached hydrogen (secondary N) is 1. The van der Waals surface area contributed by atoms with Crippen molar-refractivity contribution in [2.75, 3.05) is 6.54 Å². The molecular formula is C17H29Cl4N3O. The summed E-state index contributed by atoms with van der Waals surface area (Å²) in [5.74, 6) is 2.23. The molecule has 0 bridgehead atoms. The molecule has 146 valence electrons. The van der Waals surface area contributed by atoms with Gasteiger partial charge in [-0.15, -0.1) is 49.6 Å². The van der Waals surface area contributed by atoms with Gasteiger partial charge in [0.05, 0.1) is 0 Å². The lowest BCUT2D eigenvalue weighted by Crippen LogP contribution is -2.33. The van der Waals surface area contributed by atoms with Gasteiger partial charge < -0.3 is 15.8 Å². The lowest BCUT2D eigenvalue weighted by atomic mass is 9.89. The molecule has 8 heteroatoms. The van der Waals surface area contributed by atoms with Crippen molar-refractivity contribution in [1.82, 2.24) is 5.32 Å². The van der Waals surface area contributed by atoms with Gasteiger partial charge in [-0.2, -0.15) is 0 Å². The number of hydrogen-bond acceptors (Lipinski definition) is 4. The van der Waals surface area contributed by atoms with Crippen LogP contribution in [0.25, 0.3) is 0 Å². The molecule has 0 spiro atoms. The van der Waals surface area contributed by atoms with Crippen LogP contribution in [0.15, 0.2) is 23.2 Å². The van der Waals surface area contributed by atoms with Crippen LogP contribution in [0.2, 0.25) is 0 Å². The van der Waals surface area contributed by atoms with Crippen molar-refractivity contribution in [2.45, 2.75) is 51.7 Å². The van der Waals surface area contributed by atoms with Gasteiger partial charge >= 0.3 is 0 Å².